The van der Waals surface area contributed by atoms with Crippen molar-refractivity contribution < 1.29 is 4.74 Å². The zero-order valence-electron chi connectivity index (χ0n) is 13.4. The van der Waals surface area contributed by atoms with Crippen molar-refractivity contribution in [3.8, 4) is 0 Å². The van der Waals surface area contributed by atoms with Gasteiger partial charge >= 0.3 is 0 Å². The highest BCUT2D eigenvalue weighted by molar-refractivity contribution is 5.33. The first kappa shape index (κ1) is 16.9. The van der Waals surface area contributed by atoms with Crippen LogP contribution in [-0.2, 0) is 11.3 Å². The second-order valence-electron chi connectivity index (χ2n) is 5.39. The van der Waals surface area contributed by atoms with E-state index in [0.29, 0.717) is 12.5 Å². The van der Waals surface area contributed by atoms with E-state index in [-0.39, 0.29) is 0 Å². The Morgan fingerprint density at radius 3 is 2.70 bits per heavy atom. The van der Waals surface area contributed by atoms with Crippen molar-refractivity contribution in [3.63, 3.8) is 0 Å². The molecule has 0 bridgehead atoms. The Morgan fingerprint density at radius 1 is 1.40 bits per heavy atom. The van der Waals surface area contributed by atoms with Gasteiger partial charge in [0.25, 0.3) is 0 Å². The molecule has 5 heteroatoms. The third-order valence-corrected chi connectivity index (χ3v) is 3.07. The number of aromatic nitrogens is 2. The fourth-order valence-electron chi connectivity index (χ4n) is 1.98. The molecule has 0 fully saturated rings. The van der Waals surface area contributed by atoms with E-state index in [9.17, 15) is 0 Å². The molecule has 0 spiro atoms. The maximum absolute atomic E-state index is 5.18. The minimum absolute atomic E-state index is 0.567. The lowest BCUT2D eigenvalue weighted by atomic mass is 10.2. The number of hydrogen-bond donors (Lipinski definition) is 1. The Balaban J connectivity index is 2.82. The highest BCUT2D eigenvalue weighted by Gasteiger charge is 2.12. The molecule has 1 aromatic rings. The van der Waals surface area contributed by atoms with E-state index < -0.39 is 0 Å². The normalized spacial score (nSPS) is 11.1. The van der Waals surface area contributed by atoms with Crippen molar-refractivity contribution in [2.75, 3.05) is 38.3 Å². The lowest BCUT2D eigenvalue weighted by Crippen LogP contribution is -2.32. The summed E-state index contributed by atoms with van der Waals surface area (Å²) in [4.78, 5) is 11.4. The van der Waals surface area contributed by atoms with Crippen molar-refractivity contribution in [1.29, 1.82) is 0 Å². The van der Waals surface area contributed by atoms with Crippen LogP contribution in [0, 0.1) is 12.8 Å². The molecule has 5 nitrogen and oxygen atoms in total. The molecule has 0 atom stereocenters. The van der Waals surface area contributed by atoms with Gasteiger partial charge in [0.2, 0.25) is 5.95 Å². The third-order valence-electron chi connectivity index (χ3n) is 3.07. The van der Waals surface area contributed by atoms with Gasteiger partial charge in [-0.1, -0.05) is 20.8 Å². The van der Waals surface area contributed by atoms with Crippen LogP contribution in [0.15, 0.2) is 6.20 Å². The summed E-state index contributed by atoms with van der Waals surface area (Å²) in [7, 11) is 1.72. The number of hydrogen-bond acceptors (Lipinski definition) is 5. The molecule has 0 aliphatic heterocycles. The van der Waals surface area contributed by atoms with Crippen molar-refractivity contribution >= 4 is 5.95 Å². The summed E-state index contributed by atoms with van der Waals surface area (Å²) in [5, 5.41) is 3.31. The molecule has 0 radical (unpaired) electrons. The molecule has 114 valence electrons. The second kappa shape index (κ2) is 8.87. The fourth-order valence-corrected chi connectivity index (χ4v) is 1.98. The minimum Gasteiger partial charge on any atom is -0.383 e. The molecule has 0 saturated carbocycles. The first-order chi connectivity index (χ1) is 9.58. The standard InChI is InChI=1S/C15H28N4O/c1-6-16-9-14-10-17-15(18-13(14)4)19(7-8-20-5)11-12(2)3/h10,12,16H,6-9,11H2,1-5H3. The van der Waals surface area contributed by atoms with Crippen LogP contribution in [0.3, 0.4) is 0 Å². The molecule has 1 aromatic heterocycles. The lowest BCUT2D eigenvalue weighted by Gasteiger charge is -2.24. The van der Waals surface area contributed by atoms with Gasteiger partial charge in [-0.05, 0) is 19.4 Å². The minimum atomic E-state index is 0.567. The van der Waals surface area contributed by atoms with Gasteiger partial charge < -0.3 is 15.0 Å². The van der Waals surface area contributed by atoms with E-state index >= 15 is 0 Å². The Morgan fingerprint density at radius 2 is 2.15 bits per heavy atom. The van der Waals surface area contributed by atoms with Crippen molar-refractivity contribution in [1.82, 2.24) is 15.3 Å². The van der Waals surface area contributed by atoms with Gasteiger partial charge in [-0.2, -0.15) is 0 Å². The number of anilines is 1. The van der Waals surface area contributed by atoms with E-state index in [1.54, 1.807) is 7.11 Å². The van der Waals surface area contributed by atoms with Crippen LogP contribution >= 0.6 is 0 Å². The molecule has 0 saturated heterocycles. The lowest BCUT2D eigenvalue weighted by molar-refractivity contribution is 0.204. The summed E-state index contributed by atoms with van der Waals surface area (Å²) in [6, 6.07) is 0. The molecule has 0 amide bonds. The summed E-state index contributed by atoms with van der Waals surface area (Å²) < 4.78 is 5.18. The monoisotopic (exact) mass is 280 g/mol. The van der Waals surface area contributed by atoms with Crippen LogP contribution in [0.5, 0.6) is 0 Å². The second-order valence-corrected chi connectivity index (χ2v) is 5.39. The SMILES string of the molecule is CCNCc1cnc(N(CCOC)CC(C)C)nc1C. The van der Waals surface area contributed by atoms with Crippen molar-refractivity contribution in [2.45, 2.75) is 34.2 Å². The van der Waals surface area contributed by atoms with Gasteiger partial charge in [0.15, 0.2) is 0 Å². The molecule has 0 unspecified atom stereocenters. The number of aryl methyl sites for hydroxylation is 1. The van der Waals surface area contributed by atoms with Crippen LogP contribution in [0.4, 0.5) is 5.95 Å². The van der Waals surface area contributed by atoms with E-state index in [4.69, 9.17) is 4.74 Å². The Hall–Kier alpha value is -1.20. The van der Waals surface area contributed by atoms with E-state index in [0.717, 1.165) is 43.4 Å². The number of ether oxygens (including phenoxy) is 1. The van der Waals surface area contributed by atoms with Crippen LogP contribution in [0.2, 0.25) is 0 Å². The summed E-state index contributed by atoms with van der Waals surface area (Å²) >= 11 is 0. The van der Waals surface area contributed by atoms with E-state index in [1.165, 1.54) is 0 Å². The summed E-state index contributed by atoms with van der Waals surface area (Å²) in [6.07, 6.45) is 1.93. The van der Waals surface area contributed by atoms with Gasteiger partial charge in [0.1, 0.15) is 0 Å². The maximum atomic E-state index is 5.18. The molecule has 1 heterocycles. The molecule has 0 aliphatic carbocycles. The average molecular weight is 280 g/mol. The first-order valence-corrected chi connectivity index (χ1v) is 7.35. The maximum Gasteiger partial charge on any atom is 0.225 e. The molecule has 1 N–H and O–H groups in total. The molecule has 0 aliphatic rings. The van der Waals surface area contributed by atoms with Gasteiger partial charge in [-0.15, -0.1) is 0 Å². The van der Waals surface area contributed by atoms with Crippen LogP contribution in [0.25, 0.3) is 0 Å². The summed E-state index contributed by atoms with van der Waals surface area (Å²) in [6.45, 7) is 12.8. The summed E-state index contributed by atoms with van der Waals surface area (Å²) in [5.74, 6) is 1.37. The zero-order chi connectivity index (χ0) is 15.0. The van der Waals surface area contributed by atoms with Crippen LogP contribution in [0.1, 0.15) is 32.0 Å². The van der Waals surface area contributed by atoms with Gasteiger partial charge in [-0.25, -0.2) is 9.97 Å². The largest absolute Gasteiger partial charge is 0.383 e. The predicted octanol–water partition coefficient (Wildman–Crippen LogP) is 2.00. The Labute approximate surface area is 122 Å². The van der Waals surface area contributed by atoms with Crippen molar-refractivity contribution in [2.24, 2.45) is 5.92 Å². The third kappa shape index (κ3) is 5.43. The van der Waals surface area contributed by atoms with Crippen LogP contribution in [-0.4, -0.2) is 43.3 Å². The fraction of sp³-hybridized carbons (Fsp3) is 0.733. The highest BCUT2D eigenvalue weighted by atomic mass is 16.5. The zero-order valence-corrected chi connectivity index (χ0v) is 13.4. The smallest absolute Gasteiger partial charge is 0.225 e. The van der Waals surface area contributed by atoms with Crippen LogP contribution < -0.4 is 10.2 Å². The van der Waals surface area contributed by atoms with E-state index in [2.05, 4.69) is 41.0 Å². The molecule has 20 heavy (non-hydrogen) atoms. The molecule has 0 aromatic carbocycles. The molecular weight excluding hydrogens is 252 g/mol. The van der Waals surface area contributed by atoms with E-state index in [1.807, 2.05) is 13.1 Å². The van der Waals surface area contributed by atoms with Crippen molar-refractivity contribution in [3.05, 3.63) is 17.5 Å². The van der Waals surface area contributed by atoms with Gasteiger partial charge in [0, 0.05) is 44.2 Å². The average Bonchev–Trinajstić information content (AvgIpc) is 2.41. The quantitative estimate of drug-likeness (QED) is 0.750. The number of nitrogens with one attached hydrogen (secondary N) is 1. The molecule has 1 rings (SSSR count). The first-order valence-electron chi connectivity index (χ1n) is 7.35. The Bertz CT molecular complexity index is 395. The number of methoxy groups -OCH3 is 1. The highest BCUT2D eigenvalue weighted by Crippen LogP contribution is 2.13. The summed E-state index contributed by atoms with van der Waals surface area (Å²) in [5.41, 5.74) is 2.20. The number of rotatable bonds is 9. The topological polar surface area (TPSA) is 50.3 Å². The predicted molar refractivity (Wildman–Crippen MR) is 83.1 cm³/mol. The van der Waals surface area contributed by atoms with Gasteiger partial charge in [0.05, 0.1) is 6.61 Å². The number of nitrogens with zero attached hydrogens (tertiary/aromatic N) is 3. The Kier molecular flexibility index (Phi) is 7.47. The molecular formula is C15H28N4O. The van der Waals surface area contributed by atoms with Gasteiger partial charge in [-0.3, -0.25) is 0 Å².